The van der Waals surface area contributed by atoms with E-state index in [-0.39, 0.29) is 21.7 Å². The van der Waals surface area contributed by atoms with Gasteiger partial charge in [-0.05, 0) is 166 Å². The van der Waals surface area contributed by atoms with Gasteiger partial charge in [0.15, 0.2) is 0 Å². The van der Waals surface area contributed by atoms with Crippen LogP contribution in [0.15, 0.2) is 121 Å². The smallest absolute Gasteiger partial charge is 0.0520 e. The molecule has 0 N–H and O–H groups in total. The van der Waals surface area contributed by atoms with Crippen molar-refractivity contribution in [2.24, 2.45) is 5.92 Å². The lowest BCUT2D eigenvalue weighted by molar-refractivity contribution is 0.299. The molecule has 0 radical (unpaired) electrons. The lowest BCUT2D eigenvalue weighted by Gasteiger charge is -2.49. The first kappa shape index (κ1) is 42.1. The minimum absolute atomic E-state index is 0.0684. The number of anilines is 5. The van der Waals surface area contributed by atoms with Crippen LogP contribution in [0.3, 0.4) is 0 Å². The first-order chi connectivity index (χ1) is 27.5. The van der Waals surface area contributed by atoms with Crippen molar-refractivity contribution in [2.75, 3.05) is 9.80 Å². The lowest BCUT2D eigenvalue weighted by Crippen LogP contribution is -2.43. The first-order valence-corrected chi connectivity index (χ1v) is 21.8. The van der Waals surface area contributed by atoms with E-state index < -0.39 is 0 Å². The molecule has 0 aromatic heterocycles. The quantitative estimate of drug-likeness (QED) is 0.169. The molecule has 1 atom stereocenters. The molecule has 7 rings (SSSR count). The third-order valence-electron chi connectivity index (χ3n) is 13.7. The number of aryl methyl sites for hydroxylation is 5. The van der Waals surface area contributed by atoms with Crippen molar-refractivity contribution >= 4 is 28.4 Å². The van der Waals surface area contributed by atoms with Gasteiger partial charge in [0.25, 0.3) is 0 Å². The Labute approximate surface area is 357 Å². The maximum absolute atomic E-state index is 2.51. The summed E-state index contributed by atoms with van der Waals surface area (Å²) in [7, 11) is 0. The summed E-state index contributed by atoms with van der Waals surface area (Å²) in [5, 5.41) is 0. The topological polar surface area (TPSA) is 6.48 Å². The number of hydrogen-bond acceptors (Lipinski definition) is 2. The van der Waals surface area contributed by atoms with E-state index in [1.807, 2.05) is 0 Å². The van der Waals surface area contributed by atoms with Crippen LogP contribution >= 0.6 is 0 Å². The second-order valence-corrected chi connectivity index (χ2v) is 20.8. The Bertz CT molecular complexity index is 2470. The van der Waals surface area contributed by atoms with Crippen LogP contribution in [0.5, 0.6) is 0 Å². The molecule has 0 saturated heterocycles. The van der Waals surface area contributed by atoms with Crippen LogP contribution in [0.1, 0.15) is 126 Å². The zero-order valence-corrected chi connectivity index (χ0v) is 38.9. The molecule has 0 spiro atoms. The molecule has 306 valence electrons. The molecular weight excluding hydrogens is 713 g/mol. The standard InChI is InChI=1S/C57H68N2/c1-36-18-17-19-44(23-20-36)58(52-38(3)30-42(31-39(52)4)54(7,8)9)46-26-28-48-49-29-27-47(35-51(49)57(15,16)56(13,14)50(48)34-46)59(45-24-21-37(2)22-25-45)53-40(5)32-43(33-41(53)6)55(10,11)12/h17-36H,1-16H3. The molecule has 0 saturated carbocycles. The van der Waals surface area contributed by atoms with Crippen molar-refractivity contribution < 1.29 is 0 Å². The Morgan fingerprint density at radius 1 is 0.492 bits per heavy atom. The summed E-state index contributed by atoms with van der Waals surface area (Å²) in [6.07, 6.45) is 11.4. The average molecular weight is 781 g/mol. The minimum Gasteiger partial charge on any atom is -0.310 e. The fourth-order valence-electron chi connectivity index (χ4n) is 9.36. The largest absolute Gasteiger partial charge is 0.310 e. The van der Waals surface area contributed by atoms with Crippen molar-refractivity contribution in [3.8, 4) is 11.1 Å². The third kappa shape index (κ3) is 7.54. The molecule has 0 aliphatic heterocycles. The molecular formula is C57H68N2. The fourth-order valence-corrected chi connectivity index (χ4v) is 9.36. The minimum atomic E-state index is -0.188. The maximum atomic E-state index is 2.51. The van der Waals surface area contributed by atoms with Crippen LogP contribution in [-0.2, 0) is 21.7 Å². The highest BCUT2D eigenvalue weighted by Gasteiger charge is 2.46. The maximum Gasteiger partial charge on any atom is 0.0520 e. The number of allylic oxidation sites excluding steroid dienone is 5. The van der Waals surface area contributed by atoms with Crippen molar-refractivity contribution in [3.05, 3.63) is 171 Å². The Kier molecular flexibility index (Phi) is 10.6. The molecule has 2 aliphatic carbocycles. The Morgan fingerprint density at radius 3 is 1.34 bits per heavy atom. The highest BCUT2D eigenvalue weighted by molar-refractivity contribution is 5.87. The first-order valence-electron chi connectivity index (χ1n) is 21.8. The van der Waals surface area contributed by atoms with Gasteiger partial charge in [0.1, 0.15) is 0 Å². The van der Waals surface area contributed by atoms with E-state index in [4.69, 9.17) is 0 Å². The van der Waals surface area contributed by atoms with Crippen LogP contribution in [0.25, 0.3) is 11.1 Å². The van der Waals surface area contributed by atoms with Gasteiger partial charge >= 0.3 is 0 Å². The molecule has 0 fully saturated rings. The molecule has 0 amide bonds. The van der Waals surface area contributed by atoms with E-state index in [1.54, 1.807) is 0 Å². The van der Waals surface area contributed by atoms with E-state index in [2.05, 4.69) is 236 Å². The van der Waals surface area contributed by atoms with Gasteiger partial charge < -0.3 is 9.80 Å². The Morgan fingerprint density at radius 2 is 0.898 bits per heavy atom. The zero-order chi connectivity index (χ0) is 43.0. The van der Waals surface area contributed by atoms with Gasteiger partial charge in [-0.3, -0.25) is 0 Å². The van der Waals surface area contributed by atoms with E-state index in [0.717, 1.165) is 0 Å². The monoisotopic (exact) mass is 781 g/mol. The molecule has 2 nitrogen and oxygen atoms in total. The van der Waals surface area contributed by atoms with Crippen molar-refractivity contribution in [3.63, 3.8) is 0 Å². The summed E-state index contributed by atoms with van der Waals surface area (Å²) in [5.74, 6) is 0.373. The van der Waals surface area contributed by atoms with Gasteiger partial charge in [-0.25, -0.2) is 0 Å². The Balaban J connectivity index is 1.42. The number of nitrogens with zero attached hydrogens (tertiary/aromatic N) is 2. The highest BCUT2D eigenvalue weighted by atomic mass is 15.2. The van der Waals surface area contributed by atoms with Gasteiger partial charge in [0, 0.05) is 22.8 Å². The summed E-state index contributed by atoms with van der Waals surface area (Å²) in [6, 6.07) is 33.1. The van der Waals surface area contributed by atoms with Crippen LogP contribution in [0, 0.1) is 40.5 Å². The van der Waals surface area contributed by atoms with Crippen molar-refractivity contribution in [1.29, 1.82) is 0 Å². The van der Waals surface area contributed by atoms with E-state index in [1.165, 1.54) is 95.3 Å². The lowest BCUT2D eigenvalue weighted by atomic mass is 9.55. The summed E-state index contributed by atoms with van der Waals surface area (Å²) in [4.78, 5) is 5.00. The fraction of sp³-hybridized carbons (Fsp3) is 0.368. The number of fused-ring (bicyclic) bond motifs is 3. The average Bonchev–Trinajstić information content (AvgIpc) is 3.37. The molecule has 0 heterocycles. The molecule has 5 aromatic rings. The number of rotatable bonds is 6. The normalized spacial score (nSPS) is 16.9. The van der Waals surface area contributed by atoms with Gasteiger partial charge in [0.05, 0.1) is 11.4 Å². The molecule has 5 aromatic carbocycles. The van der Waals surface area contributed by atoms with Gasteiger partial charge in [0.2, 0.25) is 0 Å². The zero-order valence-electron chi connectivity index (χ0n) is 38.9. The number of benzene rings is 5. The summed E-state index contributed by atoms with van der Waals surface area (Å²) in [6.45, 7) is 37.2. The summed E-state index contributed by atoms with van der Waals surface area (Å²) >= 11 is 0. The van der Waals surface area contributed by atoms with Crippen LogP contribution in [-0.4, -0.2) is 0 Å². The van der Waals surface area contributed by atoms with E-state index in [0.29, 0.717) is 5.92 Å². The summed E-state index contributed by atoms with van der Waals surface area (Å²) < 4.78 is 0. The van der Waals surface area contributed by atoms with E-state index in [9.17, 15) is 0 Å². The third-order valence-corrected chi connectivity index (χ3v) is 13.7. The van der Waals surface area contributed by atoms with Gasteiger partial charge in [-0.15, -0.1) is 0 Å². The second-order valence-electron chi connectivity index (χ2n) is 20.8. The second kappa shape index (κ2) is 14.9. The molecule has 59 heavy (non-hydrogen) atoms. The predicted octanol–water partition coefficient (Wildman–Crippen LogP) is 16.3. The predicted molar refractivity (Wildman–Crippen MR) is 258 cm³/mol. The van der Waals surface area contributed by atoms with Crippen molar-refractivity contribution in [2.45, 2.75) is 132 Å². The van der Waals surface area contributed by atoms with E-state index >= 15 is 0 Å². The SMILES string of the molecule is Cc1ccc(N(c2ccc3c(c2)C(C)(C)C(C)(C)c2cc(N(C4=CC=CC(C)C=C4)c4c(C)cc(C(C)(C)C)cc4C)ccc2-3)c2c(C)cc(C(C)(C)C)cc2C)cc1. The number of hydrogen-bond donors (Lipinski definition) is 0. The Hall–Kier alpha value is -5.08. The van der Waals surface area contributed by atoms with Crippen molar-refractivity contribution in [1.82, 2.24) is 0 Å². The molecule has 2 aliphatic rings. The molecule has 2 heteroatoms. The van der Waals surface area contributed by atoms with Crippen LogP contribution < -0.4 is 9.80 Å². The van der Waals surface area contributed by atoms with Gasteiger partial charge in [-0.1, -0.05) is 148 Å². The summed E-state index contributed by atoms with van der Waals surface area (Å²) in [5.41, 5.74) is 21.6. The molecule has 0 bridgehead atoms. The van der Waals surface area contributed by atoms with Crippen LogP contribution in [0.2, 0.25) is 0 Å². The molecule has 1 unspecified atom stereocenters. The van der Waals surface area contributed by atoms with Gasteiger partial charge in [-0.2, -0.15) is 0 Å². The highest BCUT2D eigenvalue weighted by Crippen LogP contribution is 2.56. The van der Waals surface area contributed by atoms with Crippen LogP contribution in [0.4, 0.5) is 28.4 Å².